The molecule has 0 radical (unpaired) electrons. The van der Waals surface area contributed by atoms with E-state index in [-0.39, 0.29) is 6.04 Å². The second-order valence-electron chi connectivity index (χ2n) is 5.32. The first-order chi connectivity index (χ1) is 10.7. The van der Waals surface area contributed by atoms with Gasteiger partial charge in [0.1, 0.15) is 0 Å². The SMILES string of the molecule is O=C(O)N1CCOC[C@H]1Cc1cccc(-c2ccccn2)c1. The summed E-state index contributed by atoms with van der Waals surface area (Å²) in [5, 5.41) is 9.28. The summed E-state index contributed by atoms with van der Waals surface area (Å²) in [6.07, 6.45) is 1.53. The van der Waals surface area contributed by atoms with Crippen molar-refractivity contribution < 1.29 is 14.6 Å². The zero-order valence-corrected chi connectivity index (χ0v) is 12.2. The molecule has 3 rings (SSSR count). The van der Waals surface area contributed by atoms with Crippen LogP contribution in [0.25, 0.3) is 11.3 Å². The molecule has 1 aromatic carbocycles. The first kappa shape index (κ1) is 14.5. The van der Waals surface area contributed by atoms with E-state index in [4.69, 9.17) is 4.74 Å². The highest BCUT2D eigenvalue weighted by Crippen LogP contribution is 2.20. The van der Waals surface area contributed by atoms with E-state index in [1.165, 1.54) is 4.90 Å². The number of hydrogen-bond acceptors (Lipinski definition) is 3. The third-order valence-electron chi connectivity index (χ3n) is 3.83. The Balaban J connectivity index is 1.79. The van der Waals surface area contributed by atoms with Gasteiger partial charge in [0.25, 0.3) is 0 Å². The van der Waals surface area contributed by atoms with Gasteiger partial charge < -0.3 is 14.7 Å². The molecule has 0 aliphatic carbocycles. The maximum Gasteiger partial charge on any atom is 0.407 e. The van der Waals surface area contributed by atoms with Crippen molar-refractivity contribution >= 4 is 6.09 Å². The molecular weight excluding hydrogens is 280 g/mol. The summed E-state index contributed by atoms with van der Waals surface area (Å²) in [6.45, 7) is 1.34. The van der Waals surface area contributed by atoms with Gasteiger partial charge in [-0.05, 0) is 30.2 Å². The fourth-order valence-electron chi connectivity index (χ4n) is 2.74. The Morgan fingerprint density at radius 1 is 1.32 bits per heavy atom. The van der Waals surface area contributed by atoms with Crippen molar-refractivity contribution in [2.45, 2.75) is 12.5 Å². The molecule has 2 aromatic rings. The molecule has 1 aliphatic rings. The Morgan fingerprint density at radius 2 is 2.23 bits per heavy atom. The molecule has 114 valence electrons. The average molecular weight is 298 g/mol. The number of carbonyl (C=O) groups is 1. The van der Waals surface area contributed by atoms with Crippen molar-refractivity contribution in [3.05, 3.63) is 54.2 Å². The van der Waals surface area contributed by atoms with Crippen LogP contribution in [0.2, 0.25) is 0 Å². The molecule has 22 heavy (non-hydrogen) atoms. The number of amides is 1. The highest BCUT2D eigenvalue weighted by atomic mass is 16.5. The Labute approximate surface area is 129 Å². The summed E-state index contributed by atoms with van der Waals surface area (Å²) < 4.78 is 5.43. The summed E-state index contributed by atoms with van der Waals surface area (Å²) in [5.41, 5.74) is 3.04. The topological polar surface area (TPSA) is 62.7 Å². The number of carboxylic acid groups (broad SMARTS) is 1. The Morgan fingerprint density at radius 3 is 3.00 bits per heavy atom. The molecule has 1 fully saturated rings. The van der Waals surface area contributed by atoms with Crippen molar-refractivity contribution in [1.82, 2.24) is 9.88 Å². The average Bonchev–Trinajstić information content (AvgIpc) is 2.56. The number of aromatic nitrogens is 1. The first-order valence-electron chi connectivity index (χ1n) is 7.32. The predicted octanol–water partition coefficient (Wildman–Crippen LogP) is 2.67. The van der Waals surface area contributed by atoms with Gasteiger partial charge in [0.15, 0.2) is 0 Å². The maximum absolute atomic E-state index is 11.3. The molecule has 1 amide bonds. The number of morpholine rings is 1. The second kappa shape index (κ2) is 6.58. The summed E-state index contributed by atoms with van der Waals surface area (Å²) in [4.78, 5) is 17.1. The zero-order valence-electron chi connectivity index (χ0n) is 12.2. The number of hydrogen-bond donors (Lipinski definition) is 1. The summed E-state index contributed by atoms with van der Waals surface area (Å²) in [7, 11) is 0. The number of rotatable bonds is 3. The van der Waals surface area contributed by atoms with Crippen LogP contribution in [-0.4, -0.2) is 46.9 Å². The molecule has 1 atom stereocenters. The third kappa shape index (κ3) is 3.26. The molecule has 0 bridgehead atoms. The van der Waals surface area contributed by atoms with E-state index in [1.54, 1.807) is 6.20 Å². The van der Waals surface area contributed by atoms with Crippen LogP contribution in [0, 0.1) is 0 Å². The molecular formula is C17H18N2O3. The van der Waals surface area contributed by atoms with Crippen molar-refractivity contribution in [3.63, 3.8) is 0 Å². The first-order valence-corrected chi connectivity index (χ1v) is 7.32. The minimum Gasteiger partial charge on any atom is -0.465 e. The minimum atomic E-state index is -0.880. The van der Waals surface area contributed by atoms with Gasteiger partial charge in [-0.2, -0.15) is 0 Å². The van der Waals surface area contributed by atoms with Gasteiger partial charge in [0, 0.05) is 18.3 Å². The lowest BCUT2D eigenvalue weighted by molar-refractivity contribution is 0.000290. The van der Waals surface area contributed by atoms with Crippen LogP contribution < -0.4 is 0 Å². The highest BCUT2D eigenvalue weighted by molar-refractivity contribution is 5.65. The predicted molar refractivity (Wildman–Crippen MR) is 82.7 cm³/mol. The quantitative estimate of drug-likeness (QED) is 0.946. The van der Waals surface area contributed by atoms with Gasteiger partial charge in [0.2, 0.25) is 0 Å². The third-order valence-corrected chi connectivity index (χ3v) is 3.83. The van der Waals surface area contributed by atoms with E-state index in [0.29, 0.717) is 26.2 Å². The van der Waals surface area contributed by atoms with E-state index in [0.717, 1.165) is 16.8 Å². The number of pyridine rings is 1. The number of ether oxygens (including phenoxy) is 1. The lowest BCUT2D eigenvalue weighted by atomic mass is 10.0. The van der Waals surface area contributed by atoms with Gasteiger partial charge in [-0.15, -0.1) is 0 Å². The lowest BCUT2D eigenvalue weighted by Crippen LogP contribution is -2.49. The monoisotopic (exact) mass is 298 g/mol. The molecule has 5 heteroatoms. The summed E-state index contributed by atoms with van der Waals surface area (Å²) in [6, 6.07) is 13.7. The van der Waals surface area contributed by atoms with Crippen molar-refractivity contribution in [2.24, 2.45) is 0 Å². The van der Waals surface area contributed by atoms with Gasteiger partial charge >= 0.3 is 6.09 Å². The van der Waals surface area contributed by atoms with Crippen LogP contribution in [0.4, 0.5) is 4.79 Å². The van der Waals surface area contributed by atoms with Crippen molar-refractivity contribution in [3.8, 4) is 11.3 Å². The molecule has 5 nitrogen and oxygen atoms in total. The van der Waals surface area contributed by atoms with Crippen LogP contribution >= 0.6 is 0 Å². The largest absolute Gasteiger partial charge is 0.465 e. The Bertz CT molecular complexity index is 645. The standard InChI is InChI=1S/C17H18N2O3/c20-17(21)19-8-9-22-12-15(19)11-13-4-3-5-14(10-13)16-6-1-2-7-18-16/h1-7,10,15H,8-9,11-12H2,(H,20,21)/t15-/m1/s1. The normalized spacial score (nSPS) is 18.2. The molecule has 1 saturated heterocycles. The van der Waals surface area contributed by atoms with Crippen LogP contribution in [0.5, 0.6) is 0 Å². The summed E-state index contributed by atoms with van der Waals surface area (Å²) in [5.74, 6) is 0. The van der Waals surface area contributed by atoms with Gasteiger partial charge in [-0.1, -0.05) is 24.3 Å². The molecule has 1 aliphatic heterocycles. The van der Waals surface area contributed by atoms with E-state index in [9.17, 15) is 9.90 Å². The maximum atomic E-state index is 11.3. The van der Waals surface area contributed by atoms with Gasteiger partial charge in [0.05, 0.1) is 24.9 Å². The molecule has 0 spiro atoms. The van der Waals surface area contributed by atoms with E-state index in [1.807, 2.05) is 36.4 Å². The Hall–Kier alpha value is -2.40. The smallest absolute Gasteiger partial charge is 0.407 e. The second-order valence-corrected chi connectivity index (χ2v) is 5.32. The van der Waals surface area contributed by atoms with Crippen LogP contribution in [0.1, 0.15) is 5.56 Å². The van der Waals surface area contributed by atoms with Gasteiger partial charge in [-0.3, -0.25) is 4.98 Å². The highest BCUT2D eigenvalue weighted by Gasteiger charge is 2.27. The molecule has 0 unspecified atom stereocenters. The molecule has 0 saturated carbocycles. The van der Waals surface area contributed by atoms with Crippen LogP contribution in [-0.2, 0) is 11.2 Å². The van der Waals surface area contributed by atoms with Gasteiger partial charge in [-0.25, -0.2) is 4.79 Å². The summed E-state index contributed by atoms with van der Waals surface area (Å²) >= 11 is 0. The minimum absolute atomic E-state index is 0.134. The number of benzene rings is 1. The van der Waals surface area contributed by atoms with Crippen LogP contribution in [0.3, 0.4) is 0 Å². The van der Waals surface area contributed by atoms with Crippen molar-refractivity contribution in [2.75, 3.05) is 19.8 Å². The number of nitrogens with zero attached hydrogens (tertiary/aromatic N) is 2. The van der Waals surface area contributed by atoms with E-state index >= 15 is 0 Å². The zero-order chi connectivity index (χ0) is 15.4. The van der Waals surface area contributed by atoms with E-state index < -0.39 is 6.09 Å². The fraction of sp³-hybridized carbons (Fsp3) is 0.294. The molecule has 1 N–H and O–H groups in total. The fourth-order valence-corrected chi connectivity index (χ4v) is 2.74. The lowest BCUT2D eigenvalue weighted by Gasteiger charge is -2.33. The van der Waals surface area contributed by atoms with Crippen molar-refractivity contribution in [1.29, 1.82) is 0 Å². The molecule has 1 aromatic heterocycles. The van der Waals surface area contributed by atoms with E-state index in [2.05, 4.69) is 11.1 Å². The Kier molecular flexibility index (Phi) is 4.34. The molecule has 2 heterocycles. The van der Waals surface area contributed by atoms with Crippen LogP contribution in [0.15, 0.2) is 48.7 Å².